The summed E-state index contributed by atoms with van der Waals surface area (Å²) in [6.45, 7) is 2.04. The number of methoxy groups -OCH3 is 1. The second-order valence-electron chi connectivity index (χ2n) is 8.23. The molecule has 2 heterocycles. The first kappa shape index (κ1) is 24.0. The maximum absolute atomic E-state index is 13.9. The van der Waals surface area contributed by atoms with E-state index in [4.69, 9.17) is 9.72 Å². The van der Waals surface area contributed by atoms with Crippen LogP contribution in [0.1, 0.15) is 11.1 Å². The molecule has 1 atom stereocenters. The third-order valence-electron chi connectivity index (χ3n) is 5.78. The maximum Gasteiger partial charge on any atom is 0.332 e. The van der Waals surface area contributed by atoms with Crippen molar-refractivity contribution in [3.63, 3.8) is 0 Å². The number of para-hydroxylation sites is 1. The summed E-state index contributed by atoms with van der Waals surface area (Å²) in [6, 6.07) is 23.5. The molecule has 0 radical (unpaired) electrons. The van der Waals surface area contributed by atoms with Gasteiger partial charge in [-0.3, -0.25) is 9.69 Å². The number of aryl methyl sites for hydroxylation is 1. The molecule has 8 heteroatoms. The van der Waals surface area contributed by atoms with Gasteiger partial charge in [-0.1, -0.05) is 75.3 Å². The number of rotatable bonds is 5. The van der Waals surface area contributed by atoms with Crippen molar-refractivity contribution in [3.8, 4) is 0 Å². The van der Waals surface area contributed by atoms with Crippen molar-refractivity contribution in [2.75, 3.05) is 16.9 Å². The number of nitrogens with zero attached hydrogens (tertiary/aromatic N) is 3. The highest BCUT2D eigenvalue weighted by Gasteiger charge is 2.44. The smallest absolute Gasteiger partial charge is 0.332 e. The standard InChI is InChI=1S/C28H22BrN3O3S/c1-18-6-5-7-19(16-18)10-15-25-31(21-13-11-20(29)12-14-21)23(17-26(33)35-2)27(34)32(25)28-30-22-8-3-4-9-24(22)36-28/h3-17,25H,1-2H3/b15-10+,23-17+. The maximum atomic E-state index is 13.9. The molecule has 4 aromatic rings. The van der Waals surface area contributed by atoms with Crippen molar-refractivity contribution in [2.24, 2.45) is 0 Å². The van der Waals surface area contributed by atoms with E-state index >= 15 is 0 Å². The van der Waals surface area contributed by atoms with E-state index in [-0.39, 0.29) is 11.6 Å². The summed E-state index contributed by atoms with van der Waals surface area (Å²) < 4.78 is 6.76. The van der Waals surface area contributed by atoms with Crippen LogP contribution in [-0.4, -0.2) is 30.1 Å². The van der Waals surface area contributed by atoms with E-state index in [0.29, 0.717) is 5.13 Å². The summed E-state index contributed by atoms with van der Waals surface area (Å²) in [5.74, 6) is -0.936. The van der Waals surface area contributed by atoms with Gasteiger partial charge in [0.2, 0.25) is 0 Å². The van der Waals surface area contributed by atoms with Crippen LogP contribution in [0.4, 0.5) is 10.8 Å². The number of ether oxygens (including phenoxy) is 1. The Labute approximate surface area is 221 Å². The average Bonchev–Trinajstić information content (AvgIpc) is 3.41. The minimum atomic E-state index is -0.604. The molecule has 180 valence electrons. The number of benzene rings is 3. The SMILES string of the molecule is COC(=O)/C=C1\C(=O)N(c2nc3ccccc3s2)C(/C=C/c2cccc(C)c2)N1c1ccc(Br)cc1. The van der Waals surface area contributed by atoms with Gasteiger partial charge in [-0.2, -0.15) is 0 Å². The first-order valence-corrected chi connectivity index (χ1v) is 12.8. The molecule has 5 rings (SSSR count). The Kier molecular flexibility index (Phi) is 6.71. The Hall–Kier alpha value is -3.75. The Morgan fingerprint density at radius 3 is 2.56 bits per heavy atom. The molecule has 0 aliphatic carbocycles. The first-order valence-electron chi connectivity index (χ1n) is 11.2. The molecular weight excluding hydrogens is 538 g/mol. The van der Waals surface area contributed by atoms with Gasteiger partial charge in [0.05, 0.1) is 23.4 Å². The summed E-state index contributed by atoms with van der Waals surface area (Å²) in [5, 5.41) is 0.551. The lowest BCUT2D eigenvalue weighted by Gasteiger charge is -2.27. The van der Waals surface area contributed by atoms with Crippen molar-refractivity contribution >= 4 is 66.3 Å². The Morgan fingerprint density at radius 1 is 1.06 bits per heavy atom. The topological polar surface area (TPSA) is 62.7 Å². The molecule has 1 aliphatic heterocycles. The quantitative estimate of drug-likeness (QED) is 0.211. The second kappa shape index (κ2) is 10.1. The highest BCUT2D eigenvalue weighted by molar-refractivity contribution is 9.10. The van der Waals surface area contributed by atoms with E-state index in [1.165, 1.54) is 24.5 Å². The Morgan fingerprint density at radius 2 is 1.83 bits per heavy atom. The lowest BCUT2D eigenvalue weighted by Crippen LogP contribution is -2.38. The summed E-state index contributed by atoms with van der Waals surface area (Å²) >= 11 is 4.91. The van der Waals surface area contributed by atoms with E-state index in [0.717, 1.165) is 31.5 Å². The van der Waals surface area contributed by atoms with Crippen molar-refractivity contribution in [1.29, 1.82) is 0 Å². The van der Waals surface area contributed by atoms with E-state index in [2.05, 4.69) is 22.0 Å². The number of amides is 1. The first-order chi connectivity index (χ1) is 17.4. The van der Waals surface area contributed by atoms with Crippen LogP contribution in [0.2, 0.25) is 0 Å². The average molecular weight is 560 g/mol. The predicted octanol–water partition coefficient (Wildman–Crippen LogP) is 6.32. The van der Waals surface area contributed by atoms with Gasteiger partial charge in [-0.25, -0.2) is 9.78 Å². The predicted molar refractivity (Wildman–Crippen MR) is 148 cm³/mol. The van der Waals surface area contributed by atoms with Gasteiger partial charge in [-0.15, -0.1) is 0 Å². The lowest BCUT2D eigenvalue weighted by atomic mass is 10.1. The Balaban J connectivity index is 1.69. The zero-order valence-electron chi connectivity index (χ0n) is 19.6. The molecule has 1 amide bonds. The monoisotopic (exact) mass is 559 g/mol. The van der Waals surface area contributed by atoms with Crippen LogP contribution in [0, 0.1) is 6.92 Å². The largest absolute Gasteiger partial charge is 0.466 e. The second-order valence-corrected chi connectivity index (χ2v) is 10.2. The number of carbonyl (C=O) groups is 2. The van der Waals surface area contributed by atoms with E-state index in [9.17, 15) is 9.59 Å². The number of aromatic nitrogens is 1. The number of thiazole rings is 1. The molecule has 36 heavy (non-hydrogen) atoms. The van der Waals surface area contributed by atoms with E-state index in [1.807, 2.05) is 90.7 Å². The van der Waals surface area contributed by atoms with Crippen molar-refractivity contribution in [2.45, 2.75) is 13.1 Å². The zero-order chi connectivity index (χ0) is 25.2. The normalized spacial score (nSPS) is 17.0. The van der Waals surface area contributed by atoms with Crippen LogP contribution in [0.5, 0.6) is 0 Å². The van der Waals surface area contributed by atoms with Crippen LogP contribution in [0.15, 0.2) is 95.1 Å². The minimum absolute atomic E-state index is 0.210. The van der Waals surface area contributed by atoms with Crippen LogP contribution in [0.3, 0.4) is 0 Å². The molecule has 1 fully saturated rings. The molecular formula is C28H22BrN3O3S. The third kappa shape index (κ3) is 4.69. The molecule has 0 N–H and O–H groups in total. The molecule has 0 saturated carbocycles. The molecule has 0 bridgehead atoms. The van der Waals surface area contributed by atoms with E-state index in [1.54, 1.807) is 4.90 Å². The summed E-state index contributed by atoms with van der Waals surface area (Å²) in [6.07, 6.45) is 4.62. The van der Waals surface area contributed by atoms with Crippen LogP contribution in [-0.2, 0) is 14.3 Å². The number of carbonyl (C=O) groups excluding carboxylic acids is 2. The minimum Gasteiger partial charge on any atom is -0.466 e. The summed E-state index contributed by atoms with van der Waals surface area (Å²) in [7, 11) is 1.29. The van der Waals surface area contributed by atoms with Gasteiger partial charge in [0.25, 0.3) is 5.91 Å². The molecule has 3 aromatic carbocycles. The fourth-order valence-corrected chi connectivity index (χ4v) is 5.37. The Bertz CT molecular complexity index is 1480. The molecule has 1 saturated heterocycles. The lowest BCUT2D eigenvalue weighted by molar-refractivity contribution is -0.135. The molecule has 0 spiro atoms. The molecule has 1 unspecified atom stereocenters. The number of esters is 1. The van der Waals surface area contributed by atoms with Gasteiger partial charge in [0.1, 0.15) is 11.9 Å². The summed E-state index contributed by atoms with van der Waals surface area (Å²) in [4.78, 5) is 34.4. The number of anilines is 2. The number of hydrogen-bond acceptors (Lipinski definition) is 6. The van der Waals surface area contributed by atoms with Gasteiger partial charge < -0.3 is 9.64 Å². The van der Waals surface area contributed by atoms with Gasteiger partial charge in [0.15, 0.2) is 5.13 Å². The molecule has 1 aliphatic rings. The van der Waals surface area contributed by atoms with Gasteiger partial charge in [0, 0.05) is 10.2 Å². The van der Waals surface area contributed by atoms with Crippen LogP contribution < -0.4 is 9.80 Å². The van der Waals surface area contributed by atoms with Crippen LogP contribution in [0.25, 0.3) is 16.3 Å². The van der Waals surface area contributed by atoms with Crippen molar-refractivity contribution in [1.82, 2.24) is 4.98 Å². The fraction of sp³-hybridized carbons (Fsp3) is 0.107. The number of hydrogen-bond donors (Lipinski definition) is 0. The highest BCUT2D eigenvalue weighted by atomic mass is 79.9. The molecule has 6 nitrogen and oxygen atoms in total. The van der Waals surface area contributed by atoms with Gasteiger partial charge in [-0.05, 0) is 55.0 Å². The van der Waals surface area contributed by atoms with E-state index < -0.39 is 12.1 Å². The summed E-state index contributed by atoms with van der Waals surface area (Å²) in [5.41, 5.74) is 3.92. The van der Waals surface area contributed by atoms with Crippen molar-refractivity contribution in [3.05, 3.63) is 106 Å². The highest BCUT2D eigenvalue weighted by Crippen LogP contribution is 2.39. The number of halogens is 1. The van der Waals surface area contributed by atoms with Gasteiger partial charge >= 0.3 is 5.97 Å². The fourth-order valence-electron chi connectivity index (χ4n) is 4.11. The third-order valence-corrected chi connectivity index (χ3v) is 7.34. The zero-order valence-corrected chi connectivity index (χ0v) is 22.0. The molecule has 1 aromatic heterocycles. The van der Waals surface area contributed by atoms with Crippen molar-refractivity contribution < 1.29 is 14.3 Å². The number of fused-ring (bicyclic) bond motifs is 1. The van der Waals surface area contributed by atoms with Crippen LogP contribution >= 0.6 is 27.3 Å².